The molecule has 1 fully saturated rings. The summed E-state index contributed by atoms with van der Waals surface area (Å²) in [4.78, 5) is 46.1. The zero-order valence-electron chi connectivity index (χ0n) is 13.5. The summed E-state index contributed by atoms with van der Waals surface area (Å²) in [6, 6.07) is 0. The number of carboxylic acid groups (broad SMARTS) is 1. The number of nitrogens with zero attached hydrogens (tertiary/aromatic N) is 1. The van der Waals surface area contributed by atoms with E-state index in [1.54, 1.807) is 11.9 Å². The van der Waals surface area contributed by atoms with Gasteiger partial charge < -0.3 is 19.6 Å². The summed E-state index contributed by atoms with van der Waals surface area (Å²) in [5.74, 6) is -0.100. The Morgan fingerprint density at radius 2 is 1.91 bits per heavy atom. The number of hydrogen-bond acceptors (Lipinski definition) is 5. The lowest BCUT2D eigenvalue weighted by Gasteiger charge is -2.29. The first-order chi connectivity index (χ1) is 11.0. The van der Waals surface area contributed by atoms with Crippen LogP contribution in [0.15, 0.2) is 0 Å². The molecule has 1 amide bonds. The standard InChI is InChI=1S/C16H25NO5S/c1-17(9-12-2-4-13(10-18)5-3-12)15(20)8-14(11-19)23-7-6-16(21)22/h10-14H,2-9H2,1H3,(H,21,22). The average molecular weight is 343 g/mol. The van der Waals surface area contributed by atoms with Gasteiger partial charge in [-0.3, -0.25) is 9.59 Å². The fraction of sp³-hybridized carbons (Fsp3) is 0.750. The predicted molar refractivity (Wildman–Crippen MR) is 88.3 cm³/mol. The van der Waals surface area contributed by atoms with E-state index in [1.165, 1.54) is 11.8 Å². The smallest absolute Gasteiger partial charge is 0.304 e. The maximum Gasteiger partial charge on any atom is 0.304 e. The van der Waals surface area contributed by atoms with E-state index in [-0.39, 0.29) is 24.7 Å². The first-order valence-corrected chi connectivity index (χ1v) is 8.99. The van der Waals surface area contributed by atoms with E-state index in [4.69, 9.17) is 5.11 Å². The zero-order valence-corrected chi connectivity index (χ0v) is 14.3. The molecule has 0 spiro atoms. The average Bonchev–Trinajstić information content (AvgIpc) is 2.54. The molecule has 1 aliphatic carbocycles. The number of thioether (sulfide) groups is 1. The van der Waals surface area contributed by atoms with Gasteiger partial charge in [-0.1, -0.05) is 0 Å². The van der Waals surface area contributed by atoms with Crippen LogP contribution in [0.25, 0.3) is 0 Å². The van der Waals surface area contributed by atoms with E-state index >= 15 is 0 Å². The lowest BCUT2D eigenvalue weighted by atomic mass is 9.82. The van der Waals surface area contributed by atoms with Gasteiger partial charge in [-0.15, -0.1) is 11.8 Å². The van der Waals surface area contributed by atoms with Crippen LogP contribution in [0.4, 0.5) is 0 Å². The summed E-state index contributed by atoms with van der Waals surface area (Å²) in [6.07, 6.45) is 5.50. The molecule has 1 unspecified atom stereocenters. The summed E-state index contributed by atoms with van der Waals surface area (Å²) in [6.45, 7) is 0.649. The Hall–Kier alpha value is -1.37. The molecule has 23 heavy (non-hydrogen) atoms. The fourth-order valence-corrected chi connectivity index (χ4v) is 3.70. The van der Waals surface area contributed by atoms with E-state index in [1.807, 2.05) is 0 Å². The second-order valence-corrected chi connectivity index (χ2v) is 7.43. The van der Waals surface area contributed by atoms with Gasteiger partial charge in [0.05, 0.1) is 11.7 Å². The number of carbonyl (C=O) groups is 4. The van der Waals surface area contributed by atoms with Crippen molar-refractivity contribution in [2.24, 2.45) is 11.8 Å². The lowest BCUT2D eigenvalue weighted by Crippen LogP contribution is -2.35. The topological polar surface area (TPSA) is 91.8 Å². The molecule has 0 aromatic carbocycles. The summed E-state index contributed by atoms with van der Waals surface area (Å²) >= 11 is 1.21. The fourth-order valence-electron chi connectivity index (χ4n) is 2.77. The number of carboxylic acids is 1. The normalized spacial score (nSPS) is 22.1. The molecule has 1 rings (SSSR count). The van der Waals surface area contributed by atoms with E-state index in [0.717, 1.165) is 32.0 Å². The molecule has 7 heteroatoms. The van der Waals surface area contributed by atoms with Crippen LogP contribution >= 0.6 is 11.8 Å². The monoisotopic (exact) mass is 343 g/mol. The van der Waals surface area contributed by atoms with Crippen molar-refractivity contribution in [2.75, 3.05) is 19.3 Å². The molecule has 6 nitrogen and oxygen atoms in total. The highest BCUT2D eigenvalue weighted by Gasteiger charge is 2.24. The van der Waals surface area contributed by atoms with Gasteiger partial charge in [-0.2, -0.15) is 0 Å². The van der Waals surface area contributed by atoms with Gasteiger partial charge in [0.2, 0.25) is 5.91 Å². The van der Waals surface area contributed by atoms with Gasteiger partial charge in [0.15, 0.2) is 0 Å². The first-order valence-electron chi connectivity index (χ1n) is 7.94. The zero-order chi connectivity index (χ0) is 17.2. The summed E-state index contributed by atoms with van der Waals surface area (Å²) in [5.41, 5.74) is 0. The third-order valence-electron chi connectivity index (χ3n) is 4.22. The molecule has 1 saturated carbocycles. The third-order valence-corrected chi connectivity index (χ3v) is 5.36. The van der Waals surface area contributed by atoms with Gasteiger partial charge in [0, 0.05) is 31.7 Å². The van der Waals surface area contributed by atoms with Gasteiger partial charge in [-0.05, 0) is 31.6 Å². The minimum Gasteiger partial charge on any atom is -0.481 e. The Morgan fingerprint density at radius 3 is 2.43 bits per heavy atom. The highest BCUT2D eigenvalue weighted by Crippen LogP contribution is 2.28. The molecular weight excluding hydrogens is 318 g/mol. The van der Waals surface area contributed by atoms with Crippen LogP contribution in [-0.4, -0.2) is 59.1 Å². The van der Waals surface area contributed by atoms with Gasteiger partial charge >= 0.3 is 5.97 Å². The Balaban J connectivity index is 2.32. The Labute approximate surface area is 141 Å². The van der Waals surface area contributed by atoms with E-state index in [9.17, 15) is 19.2 Å². The minimum atomic E-state index is -0.906. The van der Waals surface area contributed by atoms with Gasteiger partial charge in [-0.25, -0.2) is 0 Å². The molecular formula is C16H25NO5S. The number of carbonyl (C=O) groups excluding carboxylic acids is 3. The predicted octanol–water partition coefficient (Wildman–Crippen LogP) is 1.62. The van der Waals surface area contributed by atoms with Crippen molar-refractivity contribution in [1.82, 2.24) is 4.90 Å². The Bertz CT molecular complexity index is 421. The third kappa shape index (κ3) is 7.63. The van der Waals surface area contributed by atoms with Gasteiger partial charge in [0.1, 0.15) is 12.6 Å². The summed E-state index contributed by atoms with van der Waals surface area (Å²) in [5, 5.41) is 8.10. The van der Waals surface area contributed by atoms with Crippen molar-refractivity contribution in [3.63, 3.8) is 0 Å². The second-order valence-electron chi connectivity index (χ2n) is 6.08. The lowest BCUT2D eigenvalue weighted by molar-refractivity contribution is -0.136. The van der Waals surface area contributed by atoms with E-state index < -0.39 is 11.2 Å². The maximum absolute atomic E-state index is 12.2. The van der Waals surface area contributed by atoms with Crippen molar-refractivity contribution in [3.05, 3.63) is 0 Å². The molecule has 0 aromatic rings. The van der Waals surface area contributed by atoms with Crippen LogP contribution in [0.1, 0.15) is 38.5 Å². The van der Waals surface area contributed by atoms with Gasteiger partial charge in [0.25, 0.3) is 0 Å². The number of rotatable bonds is 10. The van der Waals surface area contributed by atoms with Crippen LogP contribution in [0.5, 0.6) is 0 Å². The largest absolute Gasteiger partial charge is 0.481 e. The van der Waals surface area contributed by atoms with Crippen molar-refractivity contribution in [3.8, 4) is 0 Å². The first kappa shape index (κ1) is 19.7. The molecule has 130 valence electrons. The number of aliphatic carboxylic acids is 1. The maximum atomic E-state index is 12.2. The molecule has 0 aromatic heterocycles. The Morgan fingerprint density at radius 1 is 1.26 bits per heavy atom. The summed E-state index contributed by atoms with van der Waals surface area (Å²) < 4.78 is 0. The molecule has 0 heterocycles. The highest BCUT2D eigenvalue weighted by atomic mass is 32.2. The number of amides is 1. The van der Waals surface area contributed by atoms with Crippen molar-refractivity contribution in [2.45, 2.75) is 43.8 Å². The van der Waals surface area contributed by atoms with Crippen LogP contribution in [0.2, 0.25) is 0 Å². The van der Waals surface area contributed by atoms with Crippen molar-refractivity contribution >= 4 is 36.2 Å². The Kier molecular flexibility index (Phi) is 8.91. The molecule has 1 aliphatic rings. The minimum absolute atomic E-state index is 0.0149. The second kappa shape index (κ2) is 10.4. The number of aldehydes is 2. The van der Waals surface area contributed by atoms with Crippen LogP contribution in [-0.2, 0) is 19.2 Å². The number of hydrogen-bond donors (Lipinski definition) is 1. The van der Waals surface area contributed by atoms with Crippen molar-refractivity contribution in [1.29, 1.82) is 0 Å². The highest BCUT2D eigenvalue weighted by molar-refractivity contribution is 8.00. The molecule has 0 radical (unpaired) electrons. The van der Waals surface area contributed by atoms with Crippen LogP contribution in [0, 0.1) is 11.8 Å². The SMILES string of the molecule is CN(CC1CCC(C=O)CC1)C(=O)CC(C=O)SCCC(=O)O. The molecule has 0 saturated heterocycles. The quantitative estimate of drug-likeness (QED) is 0.606. The van der Waals surface area contributed by atoms with E-state index in [2.05, 4.69) is 0 Å². The molecule has 1 N–H and O–H groups in total. The van der Waals surface area contributed by atoms with E-state index in [0.29, 0.717) is 24.5 Å². The molecule has 0 bridgehead atoms. The van der Waals surface area contributed by atoms with Crippen LogP contribution in [0.3, 0.4) is 0 Å². The van der Waals surface area contributed by atoms with Crippen molar-refractivity contribution < 1.29 is 24.3 Å². The molecule has 1 atom stereocenters. The van der Waals surface area contributed by atoms with Crippen LogP contribution < -0.4 is 0 Å². The molecule has 0 aliphatic heterocycles. The summed E-state index contributed by atoms with van der Waals surface area (Å²) in [7, 11) is 1.73.